The zero-order valence-electron chi connectivity index (χ0n) is 11.8. The molecule has 1 aromatic carbocycles. The SMILES string of the molecule is CN(CC(O)COC(C)(C)C)c1ccc(F)c(F)c1. The van der Waals surface area contributed by atoms with Crippen LogP contribution < -0.4 is 4.90 Å². The molecule has 1 N–H and O–H groups in total. The average molecular weight is 273 g/mol. The highest BCUT2D eigenvalue weighted by molar-refractivity contribution is 5.46. The van der Waals surface area contributed by atoms with Gasteiger partial charge in [-0.05, 0) is 32.9 Å². The lowest BCUT2D eigenvalue weighted by atomic mass is 10.2. The predicted octanol–water partition coefficient (Wildman–Crippen LogP) is 2.58. The molecule has 0 aromatic heterocycles. The smallest absolute Gasteiger partial charge is 0.160 e. The number of ether oxygens (including phenoxy) is 1. The first-order chi connectivity index (χ1) is 8.69. The third kappa shape index (κ3) is 5.53. The molecule has 1 aromatic rings. The summed E-state index contributed by atoms with van der Waals surface area (Å²) in [6.07, 6.45) is -0.697. The van der Waals surface area contributed by atoms with Gasteiger partial charge in [-0.2, -0.15) is 0 Å². The van der Waals surface area contributed by atoms with E-state index in [1.807, 2.05) is 20.8 Å². The highest BCUT2D eigenvalue weighted by Crippen LogP contribution is 2.17. The number of anilines is 1. The molecular weight excluding hydrogens is 252 g/mol. The van der Waals surface area contributed by atoms with Crippen LogP contribution in [0.3, 0.4) is 0 Å². The van der Waals surface area contributed by atoms with E-state index in [2.05, 4.69) is 0 Å². The second-order valence-electron chi connectivity index (χ2n) is 5.56. The van der Waals surface area contributed by atoms with Crippen LogP contribution >= 0.6 is 0 Å². The maximum Gasteiger partial charge on any atom is 0.160 e. The lowest BCUT2D eigenvalue weighted by Gasteiger charge is -2.26. The third-order valence-electron chi connectivity index (χ3n) is 2.54. The molecule has 0 fully saturated rings. The summed E-state index contributed by atoms with van der Waals surface area (Å²) in [4.78, 5) is 1.65. The summed E-state index contributed by atoms with van der Waals surface area (Å²) < 4.78 is 31.4. The van der Waals surface area contributed by atoms with Gasteiger partial charge in [0, 0.05) is 25.3 Å². The summed E-state index contributed by atoms with van der Waals surface area (Å²) in [7, 11) is 1.70. The van der Waals surface area contributed by atoms with E-state index in [1.165, 1.54) is 6.07 Å². The molecule has 1 unspecified atom stereocenters. The van der Waals surface area contributed by atoms with Crippen LogP contribution in [0.2, 0.25) is 0 Å². The van der Waals surface area contributed by atoms with Crippen LogP contribution in [0.15, 0.2) is 18.2 Å². The minimum absolute atomic E-state index is 0.192. The van der Waals surface area contributed by atoms with Crippen molar-refractivity contribution in [2.75, 3.05) is 25.1 Å². The summed E-state index contributed by atoms with van der Waals surface area (Å²) in [5, 5.41) is 9.83. The number of benzene rings is 1. The van der Waals surface area contributed by atoms with Gasteiger partial charge in [0.15, 0.2) is 11.6 Å². The molecule has 3 nitrogen and oxygen atoms in total. The van der Waals surface area contributed by atoms with Crippen LogP contribution in [0.5, 0.6) is 0 Å². The van der Waals surface area contributed by atoms with Gasteiger partial charge >= 0.3 is 0 Å². The molecule has 0 aliphatic heterocycles. The molecule has 5 heteroatoms. The Morgan fingerprint density at radius 2 is 1.89 bits per heavy atom. The Morgan fingerprint density at radius 3 is 2.42 bits per heavy atom. The molecule has 0 radical (unpaired) electrons. The molecule has 1 atom stereocenters. The Morgan fingerprint density at radius 1 is 1.26 bits per heavy atom. The van der Waals surface area contributed by atoms with Gasteiger partial charge in [-0.25, -0.2) is 8.78 Å². The number of aliphatic hydroxyl groups excluding tert-OH is 1. The third-order valence-corrected chi connectivity index (χ3v) is 2.54. The van der Waals surface area contributed by atoms with Gasteiger partial charge in [0.2, 0.25) is 0 Å². The minimum Gasteiger partial charge on any atom is -0.389 e. The van der Waals surface area contributed by atoms with E-state index in [4.69, 9.17) is 4.74 Å². The maximum absolute atomic E-state index is 13.1. The Hall–Kier alpha value is -1.20. The van der Waals surface area contributed by atoms with E-state index in [0.29, 0.717) is 5.69 Å². The van der Waals surface area contributed by atoms with Crippen LogP contribution in [0.1, 0.15) is 20.8 Å². The zero-order chi connectivity index (χ0) is 14.6. The summed E-state index contributed by atoms with van der Waals surface area (Å²) >= 11 is 0. The molecule has 0 saturated heterocycles. The van der Waals surface area contributed by atoms with E-state index in [0.717, 1.165) is 12.1 Å². The van der Waals surface area contributed by atoms with Gasteiger partial charge in [-0.15, -0.1) is 0 Å². The molecule has 0 aliphatic rings. The molecule has 0 heterocycles. The highest BCUT2D eigenvalue weighted by atomic mass is 19.2. The quantitative estimate of drug-likeness (QED) is 0.895. The minimum atomic E-state index is -0.898. The van der Waals surface area contributed by atoms with Crippen LogP contribution in [0, 0.1) is 11.6 Å². The van der Waals surface area contributed by atoms with E-state index < -0.39 is 17.7 Å². The van der Waals surface area contributed by atoms with Crippen molar-refractivity contribution in [1.82, 2.24) is 0 Å². The first-order valence-corrected chi connectivity index (χ1v) is 6.17. The maximum atomic E-state index is 13.1. The fraction of sp³-hybridized carbons (Fsp3) is 0.571. The van der Waals surface area contributed by atoms with Gasteiger partial charge in [0.25, 0.3) is 0 Å². The van der Waals surface area contributed by atoms with E-state index in [-0.39, 0.29) is 18.8 Å². The molecular formula is C14H21F2NO2. The van der Waals surface area contributed by atoms with Crippen molar-refractivity contribution >= 4 is 5.69 Å². The van der Waals surface area contributed by atoms with Crippen molar-refractivity contribution in [3.05, 3.63) is 29.8 Å². The Balaban J connectivity index is 2.54. The molecule has 108 valence electrons. The van der Waals surface area contributed by atoms with Crippen molar-refractivity contribution < 1.29 is 18.6 Å². The number of aliphatic hydroxyl groups is 1. The van der Waals surface area contributed by atoms with Crippen molar-refractivity contribution in [2.24, 2.45) is 0 Å². The van der Waals surface area contributed by atoms with Gasteiger partial charge < -0.3 is 14.7 Å². The molecule has 0 spiro atoms. The summed E-state index contributed by atoms with van der Waals surface area (Å²) in [6.45, 7) is 6.18. The second kappa shape index (κ2) is 6.30. The van der Waals surface area contributed by atoms with Crippen molar-refractivity contribution in [2.45, 2.75) is 32.5 Å². The van der Waals surface area contributed by atoms with Crippen molar-refractivity contribution in [3.8, 4) is 0 Å². The van der Waals surface area contributed by atoms with Crippen LogP contribution in [0.4, 0.5) is 14.5 Å². The Labute approximate surface area is 112 Å². The molecule has 1 rings (SSSR count). The number of nitrogens with zero attached hydrogens (tertiary/aromatic N) is 1. The van der Waals surface area contributed by atoms with Crippen molar-refractivity contribution in [1.29, 1.82) is 0 Å². The van der Waals surface area contributed by atoms with Gasteiger partial charge in [-0.3, -0.25) is 0 Å². The molecule has 0 saturated carbocycles. The van der Waals surface area contributed by atoms with Crippen LogP contribution in [-0.4, -0.2) is 37.0 Å². The van der Waals surface area contributed by atoms with E-state index in [1.54, 1.807) is 11.9 Å². The number of halogens is 2. The summed E-state index contributed by atoms with van der Waals surface area (Å²) in [6, 6.07) is 3.64. The van der Waals surface area contributed by atoms with Crippen LogP contribution in [-0.2, 0) is 4.74 Å². The Kier molecular flexibility index (Phi) is 5.26. The molecule has 19 heavy (non-hydrogen) atoms. The zero-order valence-corrected chi connectivity index (χ0v) is 11.8. The summed E-state index contributed by atoms with van der Waals surface area (Å²) in [5.74, 6) is -1.78. The molecule has 0 amide bonds. The van der Waals surface area contributed by atoms with E-state index in [9.17, 15) is 13.9 Å². The number of hydrogen-bond donors (Lipinski definition) is 1. The van der Waals surface area contributed by atoms with Gasteiger partial charge in [-0.1, -0.05) is 0 Å². The molecule has 0 aliphatic carbocycles. The fourth-order valence-electron chi connectivity index (χ4n) is 1.54. The van der Waals surface area contributed by atoms with Crippen LogP contribution in [0.25, 0.3) is 0 Å². The number of rotatable bonds is 5. The van der Waals surface area contributed by atoms with Gasteiger partial charge in [0.1, 0.15) is 0 Å². The topological polar surface area (TPSA) is 32.7 Å². The average Bonchev–Trinajstić information content (AvgIpc) is 2.29. The van der Waals surface area contributed by atoms with Gasteiger partial charge in [0.05, 0.1) is 18.3 Å². The predicted molar refractivity (Wildman–Crippen MR) is 71.3 cm³/mol. The van der Waals surface area contributed by atoms with Crippen molar-refractivity contribution in [3.63, 3.8) is 0 Å². The largest absolute Gasteiger partial charge is 0.389 e. The summed E-state index contributed by atoms with van der Waals surface area (Å²) in [5.41, 5.74) is 0.190. The lowest BCUT2D eigenvalue weighted by molar-refractivity contribution is -0.0461. The fourth-order valence-corrected chi connectivity index (χ4v) is 1.54. The Bertz CT molecular complexity index is 418. The van der Waals surface area contributed by atoms with E-state index >= 15 is 0 Å². The first kappa shape index (κ1) is 15.9. The first-order valence-electron chi connectivity index (χ1n) is 6.17. The lowest BCUT2D eigenvalue weighted by Crippen LogP contribution is -2.35. The number of hydrogen-bond acceptors (Lipinski definition) is 3. The number of likely N-dealkylation sites (N-methyl/N-ethyl adjacent to an activating group) is 1. The highest BCUT2D eigenvalue weighted by Gasteiger charge is 2.15. The normalized spacial score (nSPS) is 13.4. The molecule has 0 bridgehead atoms. The standard InChI is InChI=1S/C14H21F2NO2/c1-14(2,3)19-9-11(18)8-17(4)10-5-6-12(15)13(16)7-10/h5-7,11,18H,8-9H2,1-4H3. The monoisotopic (exact) mass is 273 g/mol. The second-order valence-corrected chi connectivity index (χ2v) is 5.56.